The van der Waals surface area contributed by atoms with Crippen molar-refractivity contribution in [2.75, 3.05) is 0 Å². The highest BCUT2D eigenvalue weighted by molar-refractivity contribution is 5.14. The second-order valence-electron chi connectivity index (χ2n) is 1.14. The van der Waals surface area contributed by atoms with Crippen molar-refractivity contribution < 1.29 is 0 Å². The summed E-state index contributed by atoms with van der Waals surface area (Å²) >= 11 is 0. The van der Waals surface area contributed by atoms with Crippen molar-refractivity contribution >= 4 is 0 Å². The maximum Gasteiger partial charge on any atom is 0.171 e. The van der Waals surface area contributed by atoms with E-state index in [0.717, 1.165) is 0 Å². The van der Waals surface area contributed by atoms with E-state index in [1.54, 1.807) is 12.1 Å². The first-order valence-corrected chi connectivity index (χ1v) is 2.03. The molecule has 0 aliphatic carbocycles. The highest BCUT2D eigenvalue weighted by Gasteiger charge is 1.84. The van der Waals surface area contributed by atoms with Crippen molar-refractivity contribution in [1.29, 1.82) is 5.26 Å². The lowest BCUT2D eigenvalue weighted by molar-refractivity contribution is 1.01. The van der Waals surface area contributed by atoms with Crippen LogP contribution in [0, 0.1) is 17.4 Å². The Balaban J connectivity index is 3.05. The normalized spacial score (nSPS) is 7.88. The van der Waals surface area contributed by atoms with E-state index in [-0.39, 0.29) is 5.69 Å². The summed E-state index contributed by atoms with van der Waals surface area (Å²) < 4.78 is 0. The van der Waals surface area contributed by atoms with Gasteiger partial charge in [-0.1, -0.05) is 0 Å². The quantitative estimate of drug-likeness (QED) is 0.470. The molecule has 0 amide bonds. The molecule has 1 aromatic rings. The number of hydrogen-bond donors (Lipinski definition) is 0. The zero-order valence-corrected chi connectivity index (χ0v) is 4.00. The Hall–Kier alpha value is -1.43. The minimum Gasteiger partial charge on any atom is -0.191 e. The number of aromatic nitrogens is 2. The lowest BCUT2D eigenvalue weighted by Crippen LogP contribution is -1.82. The topological polar surface area (TPSA) is 49.6 Å². The molecule has 0 N–H and O–H groups in total. The molecule has 0 fully saturated rings. The molecular weight excluding hydrogens is 102 g/mol. The van der Waals surface area contributed by atoms with Gasteiger partial charge in [0, 0.05) is 6.07 Å². The van der Waals surface area contributed by atoms with E-state index in [2.05, 4.69) is 16.3 Å². The molecule has 0 aromatic carbocycles. The summed E-state index contributed by atoms with van der Waals surface area (Å²) in [4.78, 5) is 0. The van der Waals surface area contributed by atoms with Crippen molar-refractivity contribution in [3.63, 3.8) is 0 Å². The SMILES string of the molecule is N#Cc1[c]ccnn1. The molecule has 0 atom stereocenters. The van der Waals surface area contributed by atoms with Crippen LogP contribution in [0.3, 0.4) is 0 Å². The lowest BCUT2D eigenvalue weighted by atomic mass is 10.4. The number of rotatable bonds is 0. The molecule has 0 unspecified atom stereocenters. The van der Waals surface area contributed by atoms with Crippen LogP contribution < -0.4 is 0 Å². The van der Waals surface area contributed by atoms with Crippen LogP contribution >= 0.6 is 0 Å². The summed E-state index contributed by atoms with van der Waals surface area (Å²) in [6.45, 7) is 0. The van der Waals surface area contributed by atoms with Crippen LogP contribution in [0.25, 0.3) is 0 Å². The third-order valence-electron chi connectivity index (χ3n) is 0.625. The Morgan fingerprint density at radius 3 is 3.00 bits per heavy atom. The average molecular weight is 104 g/mol. The predicted molar refractivity (Wildman–Crippen MR) is 25.6 cm³/mol. The maximum absolute atomic E-state index is 8.15. The fourth-order valence-electron chi connectivity index (χ4n) is 0.324. The summed E-state index contributed by atoms with van der Waals surface area (Å²) in [5.74, 6) is 0. The second-order valence-corrected chi connectivity index (χ2v) is 1.14. The highest BCUT2D eigenvalue weighted by atomic mass is 15.1. The van der Waals surface area contributed by atoms with Crippen LogP contribution in [0.5, 0.6) is 0 Å². The third kappa shape index (κ3) is 0.793. The van der Waals surface area contributed by atoms with Crippen molar-refractivity contribution in [3.05, 3.63) is 24.0 Å². The Labute approximate surface area is 46.6 Å². The third-order valence-corrected chi connectivity index (χ3v) is 0.625. The van der Waals surface area contributed by atoms with Gasteiger partial charge in [-0.25, -0.2) is 0 Å². The van der Waals surface area contributed by atoms with Crippen molar-refractivity contribution in [3.8, 4) is 6.07 Å². The summed E-state index contributed by atoms with van der Waals surface area (Å²) in [7, 11) is 0. The summed E-state index contributed by atoms with van der Waals surface area (Å²) in [5, 5.41) is 15.0. The summed E-state index contributed by atoms with van der Waals surface area (Å²) in [6, 6.07) is 5.93. The van der Waals surface area contributed by atoms with Gasteiger partial charge in [0.05, 0.1) is 6.20 Å². The zero-order valence-electron chi connectivity index (χ0n) is 4.00. The van der Waals surface area contributed by atoms with Gasteiger partial charge in [-0.2, -0.15) is 10.4 Å². The van der Waals surface area contributed by atoms with Crippen molar-refractivity contribution in [2.24, 2.45) is 0 Å². The standard InChI is InChI=1S/C5H2N3/c6-4-5-2-1-3-7-8-5/h1,3H. The van der Waals surface area contributed by atoms with E-state index in [9.17, 15) is 0 Å². The van der Waals surface area contributed by atoms with Crippen LogP contribution in [0.4, 0.5) is 0 Å². The molecule has 0 saturated heterocycles. The monoisotopic (exact) mass is 104 g/mol. The summed E-state index contributed by atoms with van der Waals surface area (Å²) in [5.41, 5.74) is 0.229. The zero-order chi connectivity index (χ0) is 5.82. The lowest BCUT2D eigenvalue weighted by Gasteiger charge is -1.77. The molecular formula is C5H2N3. The number of nitriles is 1. The van der Waals surface area contributed by atoms with Crippen LogP contribution in [0.15, 0.2) is 12.3 Å². The molecule has 1 aromatic heterocycles. The maximum atomic E-state index is 8.15. The second kappa shape index (κ2) is 2.03. The van der Waals surface area contributed by atoms with Crippen molar-refractivity contribution in [2.45, 2.75) is 0 Å². The van der Waals surface area contributed by atoms with Crippen LogP contribution in [-0.2, 0) is 0 Å². The van der Waals surface area contributed by atoms with Gasteiger partial charge in [0.25, 0.3) is 0 Å². The minimum absolute atomic E-state index is 0.229. The minimum atomic E-state index is 0.229. The first kappa shape index (κ1) is 4.72. The molecule has 8 heavy (non-hydrogen) atoms. The van der Waals surface area contributed by atoms with Gasteiger partial charge in [-0.3, -0.25) is 0 Å². The van der Waals surface area contributed by atoms with Gasteiger partial charge in [0.1, 0.15) is 6.07 Å². The fourth-order valence-corrected chi connectivity index (χ4v) is 0.324. The van der Waals surface area contributed by atoms with Crippen LogP contribution in [-0.4, -0.2) is 10.2 Å². The van der Waals surface area contributed by atoms with E-state index in [1.807, 2.05) is 0 Å². The van der Waals surface area contributed by atoms with E-state index in [4.69, 9.17) is 5.26 Å². The van der Waals surface area contributed by atoms with E-state index in [1.165, 1.54) is 6.20 Å². The molecule has 1 heterocycles. The molecule has 0 aliphatic rings. The largest absolute Gasteiger partial charge is 0.191 e. The Morgan fingerprint density at radius 1 is 1.75 bits per heavy atom. The molecule has 3 heteroatoms. The smallest absolute Gasteiger partial charge is 0.171 e. The van der Waals surface area contributed by atoms with Gasteiger partial charge in [0.2, 0.25) is 0 Å². The molecule has 0 bridgehead atoms. The van der Waals surface area contributed by atoms with E-state index < -0.39 is 0 Å². The first-order valence-electron chi connectivity index (χ1n) is 2.03. The van der Waals surface area contributed by atoms with E-state index in [0.29, 0.717) is 0 Å². The summed E-state index contributed by atoms with van der Waals surface area (Å²) in [6.07, 6.45) is 1.47. The van der Waals surface area contributed by atoms with Gasteiger partial charge >= 0.3 is 0 Å². The van der Waals surface area contributed by atoms with Crippen molar-refractivity contribution in [1.82, 2.24) is 10.2 Å². The van der Waals surface area contributed by atoms with Gasteiger partial charge < -0.3 is 0 Å². The van der Waals surface area contributed by atoms with Crippen LogP contribution in [0.2, 0.25) is 0 Å². The molecule has 37 valence electrons. The molecule has 3 nitrogen and oxygen atoms in total. The first-order chi connectivity index (χ1) is 3.93. The van der Waals surface area contributed by atoms with Gasteiger partial charge in [-0.05, 0) is 6.07 Å². The predicted octanol–water partition coefficient (Wildman–Crippen LogP) is 0.148. The Morgan fingerprint density at radius 2 is 2.62 bits per heavy atom. The molecule has 1 radical (unpaired) electrons. The highest BCUT2D eigenvalue weighted by Crippen LogP contribution is 1.82. The number of hydrogen-bond acceptors (Lipinski definition) is 3. The molecule has 0 spiro atoms. The number of nitrogens with zero attached hydrogens (tertiary/aromatic N) is 3. The molecule has 0 aliphatic heterocycles. The fraction of sp³-hybridized carbons (Fsp3) is 0. The average Bonchev–Trinajstić information content (AvgIpc) is 1.90. The van der Waals surface area contributed by atoms with Gasteiger partial charge in [0.15, 0.2) is 5.69 Å². The Bertz CT molecular complexity index is 199. The Kier molecular flexibility index (Phi) is 1.20. The molecule has 0 saturated carbocycles. The van der Waals surface area contributed by atoms with Gasteiger partial charge in [-0.15, -0.1) is 5.10 Å². The molecule has 1 rings (SSSR count). The van der Waals surface area contributed by atoms with E-state index >= 15 is 0 Å². The van der Waals surface area contributed by atoms with Crippen LogP contribution in [0.1, 0.15) is 5.69 Å².